The van der Waals surface area contributed by atoms with Crippen molar-refractivity contribution >= 4 is 17.4 Å². The molecule has 2 aromatic carbocycles. The number of methoxy groups -OCH3 is 1. The fourth-order valence-corrected chi connectivity index (χ4v) is 2.75. The number of piperazine rings is 1. The highest BCUT2D eigenvalue weighted by Crippen LogP contribution is 2.22. The van der Waals surface area contributed by atoms with Crippen LogP contribution < -0.4 is 20.7 Å². The normalized spacial score (nSPS) is 14.0. The summed E-state index contributed by atoms with van der Waals surface area (Å²) in [5.41, 5.74) is 2.84. The summed E-state index contributed by atoms with van der Waals surface area (Å²) in [6.45, 7) is 3.81. The van der Waals surface area contributed by atoms with Gasteiger partial charge in [-0.05, 0) is 29.8 Å². The first kappa shape index (κ1) is 17.1. The molecule has 6 heteroatoms. The smallest absolute Gasteiger partial charge is 0.321 e. The van der Waals surface area contributed by atoms with E-state index in [1.165, 1.54) is 0 Å². The molecule has 0 aliphatic carbocycles. The molecule has 25 heavy (non-hydrogen) atoms. The van der Waals surface area contributed by atoms with Gasteiger partial charge in [0.2, 0.25) is 0 Å². The van der Waals surface area contributed by atoms with Gasteiger partial charge in [-0.2, -0.15) is 0 Å². The highest BCUT2D eigenvalue weighted by atomic mass is 16.5. The predicted octanol–water partition coefficient (Wildman–Crippen LogP) is 2.74. The minimum Gasteiger partial charge on any atom is -0.497 e. The highest BCUT2D eigenvalue weighted by Gasteiger charge is 2.16. The van der Waals surface area contributed by atoms with E-state index in [2.05, 4.69) is 16.0 Å². The number of ether oxygens (including phenoxy) is 1. The molecular formula is C19H24N4O2. The number of amides is 2. The standard InChI is InChI=1S/C19H24N4O2/c1-25-16-8-6-15(7-9-16)14-21-17-4-2-3-5-18(17)22-19(24)23-12-10-20-11-13-23/h2-9,20-21H,10-14H2,1H3,(H,22,24). The van der Waals surface area contributed by atoms with Crippen LogP contribution in [0.25, 0.3) is 0 Å². The number of carbonyl (C=O) groups is 1. The quantitative estimate of drug-likeness (QED) is 0.783. The first-order chi connectivity index (χ1) is 12.3. The Hall–Kier alpha value is -2.73. The summed E-state index contributed by atoms with van der Waals surface area (Å²) in [6, 6.07) is 15.6. The van der Waals surface area contributed by atoms with Crippen LogP contribution in [0, 0.1) is 0 Å². The molecule has 3 rings (SSSR count). The highest BCUT2D eigenvalue weighted by molar-refractivity contribution is 5.93. The Bertz CT molecular complexity index is 697. The third-order valence-corrected chi connectivity index (χ3v) is 4.21. The first-order valence-corrected chi connectivity index (χ1v) is 8.49. The molecule has 0 aromatic heterocycles. The molecule has 0 bridgehead atoms. The topological polar surface area (TPSA) is 65.6 Å². The molecule has 2 aromatic rings. The zero-order valence-electron chi connectivity index (χ0n) is 14.4. The Morgan fingerprint density at radius 2 is 1.76 bits per heavy atom. The average molecular weight is 340 g/mol. The maximum absolute atomic E-state index is 12.4. The van der Waals surface area contributed by atoms with Gasteiger partial charge in [-0.25, -0.2) is 4.79 Å². The summed E-state index contributed by atoms with van der Waals surface area (Å²) in [4.78, 5) is 14.2. The minimum atomic E-state index is -0.0554. The Kier molecular flexibility index (Phi) is 5.74. The van der Waals surface area contributed by atoms with Crippen LogP contribution in [0.5, 0.6) is 5.75 Å². The number of rotatable bonds is 5. The summed E-state index contributed by atoms with van der Waals surface area (Å²) in [5.74, 6) is 0.840. The van der Waals surface area contributed by atoms with Crippen LogP contribution in [0.2, 0.25) is 0 Å². The van der Waals surface area contributed by atoms with Gasteiger partial charge in [-0.1, -0.05) is 24.3 Å². The maximum Gasteiger partial charge on any atom is 0.321 e. The van der Waals surface area contributed by atoms with Crippen LogP contribution in [0.15, 0.2) is 48.5 Å². The molecule has 1 saturated heterocycles. The van der Waals surface area contributed by atoms with Gasteiger partial charge in [-0.3, -0.25) is 0 Å². The second kappa shape index (κ2) is 8.39. The largest absolute Gasteiger partial charge is 0.497 e. The lowest BCUT2D eigenvalue weighted by Gasteiger charge is -2.28. The zero-order chi connectivity index (χ0) is 17.5. The molecule has 1 fully saturated rings. The third-order valence-electron chi connectivity index (χ3n) is 4.21. The second-order valence-corrected chi connectivity index (χ2v) is 5.91. The summed E-state index contributed by atoms with van der Waals surface area (Å²) in [5, 5.41) is 9.65. The van der Waals surface area contributed by atoms with Crippen LogP contribution in [-0.4, -0.2) is 44.2 Å². The molecule has 1 aliphatic rings. The van der Waals surface area contributed by atoms with Crippen molar-refractivity contribution in [1.29, 1.82) is 0 Å². The first-order valence-electron chi connectivity index (χ1n) is 8.49. The van der Waals surface area contributed by atoms with Crippen molar-refractivity contribution < 1.29 is 9.53 Å². The van der Waals surface area contributed by atoms with E-state index in [1.807, 2.05) is 53.4 Å². The van der Waals surface area contributed by atoms with Crippen LogP contribution in [0.3, 0.4) is 0 Å². The van der Waals surface area contributed by atoms with Gasteiger partial charge < -0.3 is 25.6 Å². The maximum atomic E-state index is 12.4. The predicted molar refractivity (Wildman–Crippen MR) is 100 cm³/mol. The zero-order valence-corrected chi connectivity index (χ0v) is 14.4. The van der Waals surface area contributed by atoms with E-state index < -0.39 is 0 Å². The van der Waals surface area contributed by atoms with E-state index in [4.69, 9.17) is 4.74 Å². The van der Waals surface area contributed by atoms with Crippen molar-refractivity contribution in [3.8, 4) is 5.75 Å². The average Bonchev–Trinajstić information content (AvgIpc) is 2.68. The molecule has 0 spiro atoms. The number of hydrogen-bond donors (Lipinski definition) is 3. The molecule has 2 amide bonds. The molecule has 0 radical (unpaired) electrons. The van der Waals surface area contributed by atoms with Crippen molar-refractivity contribution in [2.24, 2.45) is 0 Å². The summed E-state index contributed by atoms with van der Waals surface area (Å²) in [6.07, 6.45) is 0. The minimum absolute atomic E-state index is 0.0554. The number of nitrogens with zero attached hydrogens (tertiary/aromatic N) is 1. The van der Waals surface area contributed by atoms with Gasteiger partial charge in [0, 0.05) is 32.7 Å². The van der Waals surface area contributed by atoms with E-state index in [1.54, 1.807) is 7.11 Å². The number of para-hydroxylation sites is 2. The van der Waals surface area contributed by atoms with E-state index in [9.17, 15) is 4.79 Å². The number of hydrogen-bond acceptors (Lipinski definition) is 4. The second-order valence-electron chi connectivity index (χ2n) is 5.91. The van der Waals surface area contributed by atoms with Gasteiger partial charge in [0.25, 0.3) is 0 Å². The number of carbonyl (C=O) groups excluding carboxylic acids is 1. The van der Waals surface area contributed by atoms with Gasteiger partial charge >= 0.3 is 6.03 Å². The Morgan fingerprint density at radius 1 is 1.08 bits per heavy atom. The SMILES string of the molecule is COc1ccc(CNc2ccccc2NC(=O)N2CCNCC2)cc1. The lowest BCUT2D eigenvalue weighted by atomic mass is 10.2. The molecule has 132 valence electrons. The molecular weight excluding hydrogens is 316 g/mol. The van der Waals surface area contributed by atoms with Crippen molar-refractivity contribution in [3.63, 3.8) is 0 Å². The molecule has 0 atom stereocenters. The van der Waals surface area contributed by atoms with E-state index in [0.29, 0.717) is 6.54 Å². The molecule has 3 N–H and O–H groups in total. The van der Waals surface area contributed by atoms with Crippen molar-refractivity contribution in [2.45, 2.75) is 6.54 Å². The molecule has 6 nitrogen and oxygen atoms in total. The van der Waals surface area contributed by atoms with Crippen molar-refractivity contribution in [2.75, 3.05) is 43.9 Å². The van der Waals surface area contributed by atoms with E-state index in [-0.39, 0.29) is 6.03 Å². The summed E-state index contributed by atoms with van der Waals surface area (Å²) in [7, 11) is 1.66. The Morgan fingerprint density at radius 3 is 2.44 bits per heavy atom. The lowest BCUT2D eigenvalue weighted by molar-refractivity contribution is 0.204. The monoisotopic (exact) mass is 340 g/mol. The summed E-state index contributed by atoms with van der Waals surface area (Å²) < 4.78 is 5.18. The van der Waals surface area contributed by atoms with Gasteiger partial charge in [0.05, 0.1) is 18.5 Å². The molecule has 0 unspecified atom stereocenters. The summed E-state index contributed by atoms with van der Waals surface area (Å²) >= 11 is 0. The van der Waals surface area contributed by atoms with Crippen molar-refractivity contribution in [3.05, 3.63) is 54.1 Å². The Balaban J connectivity index is 1.62. The van der Waals surface area contributed by atoms with Crippen LogP contribution in [-0.2, 0) is 6.54 Å². The van der Waals surface area contributed by atoms with Crippen LogP contribution in [0.4, 0.5) is 16.2 Å². The van der Waals surface area contributed by atoms with Gasteiger partial charge in [0.1, 0.15) is 5.75 Å². The van der Waals surface area contributed by atoms with Gasteiger partial charge in [0.15, 0.2) is 0 Å². The van der Waals surface area contributed by atoms with Crippen molar-refractivity contribution in [1.82, 2.24) is 10.2 Å². The molecule has 0 saturated carbocycles. The molecule has 1 heterocycles. The van der Waals surface area contributed by atoms with Gasteiger partial charge in [-0.15, -0.1) is 0 Å². The lowest BCUT2D eigenvalue weighted by Crippen LogP contribution is -2.48. The number of nitrogens with one attached hydrogen (secondary N) is 3. The number of anilines is 2. The fraction of sp³-hybridized carbons (Fsp3) is 0.316. The van der Waals surface area contributed by atoms with Crippen LogP contribution >= 0.6 is 0 Å². The number of benzene rings is 2. The van der Waals surface area contributed by atoms with E-state index >= 15 is 0 Å². The Labute approximate surface area is 148 Å². The number of urea groups is 1. The fourth-order valence-electron chi connectivity index (χ4n) is 2.75. The third kappa shape index (κ3) is 4.64. The van der Waals surface area contributed by atoms with Crippen LogP contribution in [0.1, 0.15) is 5.56 Å². The molecule has 1 aliphatic heterocycles. The van der Waals surface area contributed by atoms with E-state index in [0.717, 1.165) is 48.9 Å².